The van der Waals surface area contributed by atoms with Crippen molar-refractivity contribution in [1.82, 2.24) is 0 Å². The predicted octanol–water partition coefficient (Wildman–Crippen LogP) is 4.36. The van der Waals surface area contributed by atoms with E-state index in [1.165, 1.54) is 0 Å². The van der Waals surface area contributed by atoms with Gasteiger partial charge >= 0.3 is 0 Å². The van der Waals surface area contributed by atoms with Crippen molar-refractivity contribution in [2.24, 2.45) is 0 Å². The lowest BCUT2D eigenvalue weighted by atomic mass is 10.4. The van der Waals surface area contributed by atoms with Gasteiger partial charge in [-0.05, 0) is 93.7 Å². The molecule has 5 heteroatoms. The molecule has 0 aliphatic rings. The molecule has 0 saturated carbocycles. The third-order valence-corrected chi connectivity index (χ3v) is 5.60. The second-order valence-corrected chi connectivity index (χ2v) is 8.01. The van der Waals surface area contributed by atoms with Crippen molar-refractivity contribution in [3.8, 4) is 0 Å². The van der Waals surface area contributed by atoms with Gasteiger partial charge in [0.1, 0.15) is 9.73 Å². The topological polar surface area (TPSA) is 40.9 Å². The van der Waals surface area contributed by atoms with Gasteiger partial charge in [-0.2, -0.15) is 0 Å². The fourth-order valence-corrected chi connectivity index (χ4v) is 3.42. The first-order valence-corrected chi connectivity index (χ1v) is 8.52. The van der Waals surface area contributed by atoms with Gasteiger partial charge in [-0.1, -0.05) is 0 Å². The zero-order chi connectivity index (χ0) is 12.5. The van der Waals surface area contributed by atoms with Crippen LogP contribution in [0.15, 0.2) is 58.3 Å². The molecule has 17 heavy (non-hydrogen) atoms. The van der Waals surface area contributed by atoms with Crippen molar-refractivity contribution in [1.29, 1.82) is 4.78 Å². The van der Waals surface area contributed by atoms with Crippen LogP contribution in [0.3, 0.4) is 0 Å². The average molecular weight is 469 g/mol. The summed E-state index contributed by atoms with van der Waals surface area (Å²) in [6.07, 6.45) is 0. The van der Waals surface area contributed by atoms with Gasteiger partial charge in [0.05, 0.1) is 9.79 Å². The lowest BCUT2D eigenvalue weighted by molar-refractivity contribution is 0.674. The molecule has 2 rings (SSSR count). The summed E-state index contributed by atoms with van der Waals surface area (Å²) in [5.74, 6) is 0. The van der Waals surface area contributed by atoms with Crippen molar-refractivity contribution >= 4 is 54.9 Å². The fourth-order valence-electron chi connectivity index (χ4n) is 1.39. The summed E-state index contributed by atoms with van der Waals surface area (Å²) in [6.45, 7) is 0. The van der Waals surface area contributed by atoms with Gasteiger partial charge in [0, 0.05) is 7.14 Å². The zero-order valence-corrected chi connectivity index (χ0v) is 13.8. The van der Waals surface area contributed by atoms with Gasteiger partial charge < -0.3 is 0 Å². The van der Waals surface area contributed by atoms with E-state index in [1.807, 2.05) is 24.3 Å². The number of rotatable bonds is 2. The Labute approximate surface area is 128 Å². The van der Waals surface area contributed by atoms with Gasteiger partial charge in [-0.15, -0.1) is 0 Å². The molecule has 0 fully saturated rings. The van der Waals surface area contributed by atoms with Crippen LogP contribution in [-0.4, -0.2) is 4.21 Å². The van der Waals surface area contributed by atoms with E-state index < -0.39 is 9.73 Å². The molecule has 2 nitrogen and oxygen atoms in total. The Morgan fingerprint density at radius 2 is 1.06 bits per heavy atom. The van der Waals surface area contributed by atoms with E-state index in [4.69, 9.17) is 4.78 Å². The van der Waals surface area contributed by atoms with Gasteiger partial charge in [0.25, 0.3) is 0 Å². The molecule has 0 radical (unpaired) electrons. The van der Waals surface area contributed by atoms with Crippen molar-refractivity contribution in [3.63, 3.8) is 0 Å². The third-order valence-electron chi connectivity index (χ3n) is 2.29. The lowest BCUT2D eigenvalue weighted by Gasteiger charge is -2.08. The standard InChI is InChI=1S/C12H9I2NOS/c13-9-1-5-11(6-2-9)17(15,16)12-7-3-10(14)4-8-12/h1-8,15H. The number of hydrogen-bond donors (Lipinski definition) is 1. The normalized spacial score (nSPS) is 11.4. The minimum atomic E-state index is -2.88. The molecule has 2 aromatic rings. The number of halogens is 2. The van der Waals surface area contributed by atoms with Crippen molar-refractivity contribution in [2.45, 2.75) is 9.79 Å². The van der Waals surface area contributed by atoms with Crippen LogP contribution in [0.25, 0.3) is 0 Å². The molecular formula is C12H9I2NOS. The molecule has 0 bridgehead atoms. The van der Waals surface area contributed by atoms with Crippen LogP contribution in [0, 0.1) is 11.9 Å². The van der Waals surface area contributed by atoms with E-state index in [0.717, 1.165) is 7.14 Å². The summed E-state index contributed by atoms with van der Waals surface area (Å²) in [5, 5.41) is 0. The molecule has 0 unspecified atom stereocenters. The number of hydrogen-bond acceptors (Lipinski definition) is 2. The molecule has 0 spiro atoms. The summed E-state index contributed by atoms with van der Waals surface area (Å²) < 4.78 is 22.7. The Morgan fingerprint density at radius 1 is 0.765 bits per heavy atom. The molecule has 0 aromatic heterocycles. The Kier molecular flexibility index (Phi) is 4.09. The molecule has 0 atom stereocenters. The predicted molar refractivity (Wildman–Crippen MR) is 85.7 cm³/mol. The van der Waals surface area contributed by atoms with Crippen LogP contribution in [0.1, 0.15) is 0 Å². The van der Waals surface area contributed by atoms with Crippen LogP contribution in [0.5, 0.6) is 0 Å². The van der Waals surface area contributed by atoms with Crippen molar-refractivity contribution in [3.05, 3.63) is 55.7 Å². The Balaban J connectivity index is 2.50. The smallest absolute Gasteiger partial charge is 0.101 e. The van der Waals surface area contributed by atoms with Gasteiger partial charge in [0.15, 0.2) is 0 Å². The summed E-state index contributed by atoms with van der Waals surface area (Å²) in [5.41, 5.74) is 0. The van der Waals surface area contributed by atoms with Crippen LogP contribution < -0.4 is 0 Å². The largest absolute Gasteiger partial charge is 0.245 e. The maximum atomic E-state index is 12.5. The van der Waals surface area contributed by atoms with Crippen molar-refractivity contribution < 1.29 is 4.21 Å². The van der Waals surface area contributed by atoms with Crippen LogP contribution >= 0.6 is 45.2 Å². The first-order valence-electron chi connectivity index (χ1n) is 4.80. The SMILES string of the molecule is N=S(=O)(c1ccc(I)cc1)c1ccc(I)cc1. The van der Waals surface area contributed by atoms with E-state index in [-0.39, 0.29) is 0 Å². The first kappa shape index (κ1) is 13.3. The molecule has 88 valence electrons. The summed E-state index contributed by atoms with van der Waals surface area (Å²) in [4.78, 5) is 1.11. The minimum absolute atomic E-state index is 0.555. The molecule has 0 aliphatic carbocycles. The van der Waals surface area contributed by atoms with Gasteiger partial charge in [-0.3, -0.25) is 0 Å². The maximum absolute atomic E-state index is 12.5. The van der Waals surface area contributed by atoms with E-state index in [0.29, 0.717) is 9.79 Å². The molecule has 1 N–H and O–H groups in total. The number of benzene rings is 2. The maximum Gasteiger partial charge on any atom is 0.101 e. The average Bonchev–Trinajstić information content (AvgIpc) is 2.30. The quantitative estimate of drug-likeness (QED) is 0.653. The van der Waals surface area contributed by atoms with E-state index in [9.17, 15) is 4.21 Å². The Morgan fingerprint density at radius 3 is 1.35 bits per heavy atom. The Hall–Kier alpha value is -0.150. The Bertz CT molecular complexity index is 567. The van der Waals surface area contributed by atoms with E-state index in [2.05, 4.69) is 45.2 Å². The lowest BCUT2D eigenvalue weighted by Crippen LogP contribution is -1.99. The van der Waals surface area contributed by atoms with Gasteiger partial charge in [0.2, 0.25) is 0 Å². The third kappa shape index (κ3) is 3.00. The molecular weight excluding hydrogens is 460 g/mol. The van der Waals surface area contributed by atoms with E-state index >= 15 is 0 Å². The molecule has 0 aliphatic heterocycles. The highest BCUT2D eigenvalue weighted by atomic mass is 127. The second kappa shape index (κ2) is 5.23. The second-order valence-electron chi connectivity index (χ2n) is 3.46. The first-order chi connectivity index (χ1) is 8.00. The summed E-state index contributed by atoms with van der Waals surface area (Å²) in [7, 11) is -2.88. The molecule has 0 heterocycles. The minimum Gasteiger partial charge on any atom is -0.245 e. The number of nitrogens with one attached hydrogen (secondary N) is 1. The van der Waals surface area contributed by atoms with Gasteiger partial charge in [-0.25, -0.2) is 8.99 Å². The fraction of sp³-hybridized carbons (Fsp3) is 0. The zero-order valence-electron chi connectivity index (χ0n) is 8.69. The van der Waals surface area contributed by atoms with Crippen LogP contribution in [-0.2, 0) is 9.73 Å². The van der Waals surface area contributed by atoms with Crippen LogP contribution in [0.4, 0.5) is 0 Å². The molecule has 0 saturated heterocycles. The summed E-state index contributed by atoms with van der Waals surface area (Å²) in [6, 6.07) is 14.5. The van der Waals surface area contributed by atoms with E-state index in [1.54, 1.807) is 24.3 Å². The highest BCUT2D eigenvalue weighted by Crippen LogP contribution is 2.23. The highest BCUT2D eigenvalue weighted by molar-refractivity contribution is 14.1. The highest BCUT2D eigenvalue weighted by Gasteiger charge is 2.12. The molecule has 2 aromatic carbocycles. The van der Waals surface area contributed by atoms with Crippen molar-refractivity contribution in [2.75, 3.05) is 0 Å². The summed E-state index contributed by atoms with van der Waals surface area (Å²) >= 11 is 4.38. The molecule has 0 amide bonds. The monoisotopic (exact) mass is 469 g/mol. The van der Waals surface area contributed by atoms with Crippen LogP contribution in [0.2, 0.25) is 0 Å².